The second-order valence-corrected chi connectivity index (χ2v) is 6.79. The number of halogens is 1. The molecule has 29 heavy (non-hydrogen) atoms. The van der Waals surface area contributed by atoms with Gasteiger partial charge in [-0.05, 0) is 55.7 Å². The number of hydrogen-bond acceptors (Lipinski definition) is 5. The van der Waals surface area contributed by atoms with Gasteiger partial charge in [0, 0.05) is 18.7 Å². The van der Waals surface area contributed by atoms with Crippen LogP contribution in [0.2, 0.25) is 0 Å². The van der Waals surface area contributed by atoms with Crippen LogP contribution >= 0.6 is 0 Å². The summed E-state index contributed by atoms with van der Waals surface area (Å²) in [5.74, 6) is 0.302. The molecular formula is C20H20FN7O. The number of rotatable bonds is 6. The van der Waals surface area contributed by atoms with E-state index in [-0.39, 0.29) is 11.7 Å². The SMILES string of the molecule is Cc1nn(-c2ccc3nncn3n2)c(C)c1CCC(=O)NCc1ccc(F)cc1. The van der Waals surface area contributed by atoms with Gasteiger partial charge in [0.05, 0.1) is 5.69 Å². The first-order valence-electron chi connectivity index (χ1n) is 9.25. The van der Waals surface area contributed by atoms with Gasteiger partial charge in [-0.2, -0.15) is 9.61 Å². The molecule has 0 atom stereocenters. The minimum absolute atomic E-state index is 0.0649. The second kappa shape index (κ2) is 7.78. The van der Waals surface area contributed by atoms with Crippen LogP contribution in [0.5, 0.6) is 0 Å². The van der Waals surface area contributed by atoms with Gasteiger partial charge in [0.1, 0.15) is 12.1 Å². The molecule has 4 aromatic rings. The number of aromatic nitrogens is 6. The molecule has 0 unspecified atom stereocenters. The molecule has 1 amide bonds. The largest absolute Gasteiger partial charge is 0.352 e. The zero-order valence-corrected chi connectivity index (χ0v) is 16.1. The van der Waals surface area contributed by atoms with E-state index in [4.69, 9.17) is 0 Å². The van der Waals surface area contributed by atoms with Gasteiger partial charge >= 0.3 is 0 Å². The van der Waals surface area contributed by atoms with Crippen molar-refractivity contribution in [1.29, 1.82) is 0 Å². The van der Waals surface area contributed by atoms with Crippen LogP contribution in [-0.2, 0) is 17.8 Å². The number of hydrogen-bond donors (Lipinski definition) is 1. The van der Waals surface area contributed by atoms with E-state index in [9.17, 15) is 9.18 Å². The molecule has 0 fully saturated rings. The van der Waals surface area contributed by atoms with Crippen LogP contribution in [0.25, 0.3) is 11.5 Å². The lowest BCUT2D eigenvalue weighted by Gasteiger charge is -2.07. The zero-order valence-electron chi connectivity index (χ0n) is 16.1. The number of nitrogens with one attached hydrogen (secondary N) is 1. The lowest BCUT2D eigenvalue weighted by atomic mass is 10.1. The summed E-state index contributed by atoms with van der Waals surface area (Å²) in [4.78, 5) is 12.2. The van der Waals surface area contributed by atoms with Crippen LogP contribution in [-0.4, -0.2) is 35.5 Å². The van der Waals surface area contributed by atoms with Gasteiger partial charge in [0.25, 0.3) is 0 Å². The first-order chi connectivity index (χ1) is 14.0. The van der Waals surface area contributed by atoms with E-state index in [1.165, 1.54) is 18.5 Å². The summed E-state index contributed by atoms with van der Waals surface area (Å²) >= 11 is 0. The molecule has 4 rings (SSSR count). The minimum atomic E-state index is -0.291. The maximum absolute atomic E-state index is 12.9. The van der Waals surface area contributed by atoms with Crippen LogP contribution in [0.3, 0.4) is 0 Å². The van der Waals surface area contributed by atoms with Crippen molar-refractivity contribution in [2.45, 2.75) is 33.2 Å². The van der Waals surface area contributed by atoms with Crippen molar-refractivity contribution in [2.75, 3.05) is 0 Å². The van der Waals surface area contributed by atoms with Crippen molar-refractivity contribution in [2.24, 2.45) is 0 Å². The molecule has 1 N–H and O–H groups in total. The number of amides is 1. The highest BCUT2D eigenvalue weighted by Gasteiger charge is 2.15. The van der Waals surface area contributed by atoms with Crippen LogP contribution in [0.15, 0.2) is 42.7 Å². The van der Waals surface area contributed by atoms with Gasteiger partial charge in [0.15, 0.2) is 11.5 Å². The first-order valence-corrected chi connectivity index (χ1v) is 9.25. The van der Waals surface area contributed by atoms with Crippen LogP contribution in [0.1, 0.15) is 28.9 Å². The predicted molar refractivity (Wildman–Crippen MR) is 104 cm³/mol. The summed E-state index contributed by atoms with van der Waals surface area (Å²) < 4.78 is 16.3. The Hall–Kier alpha value is -3.62. The Morgan fingerprint density at radius 1 is 1.10 bits per heavy atom. The van der Waals surface area contributed by atoms with E-state index in [1.54, 1.807) is 21.3 Å². The quantitative estimate of drug-likeness (QED) is 0.543. The Balaban J connectivity index is 1.42. The Morgan fingerprint density at radius 3 is 2.69 bits per heavy atom. The molecule has 0 aliphatic rings. The lowest BCUT2D eigenvalue weighted by Crippen LogP contribution is -2.23. The number of fused-ring (bicyclic) bond motifs is 1. The summed E-state index contributed by atoms with van der Waals surface area (Å²) in [7, 11) is 0. The first kappa shape index (κ1) is 18.7. The number of benzene rings is 1. The fourth-order valence-corrected chi connectivity index (χ4v) is 3.22. The standard InChI is InChI=1S/C20H20FN7O/c1-13-17(7-10-20(29)22-11-15-3-5-16(21)6-4-15)14(2)28(25-13)19-9-8-18-24-23-12-27(18)26-19/h3-6,8-9,12H,7,10-11H2,1-2H3,(H,22,29). The molecule has 1 aromatic carbocycles. The van der Waals surface area contributed by atoms with Crippen molar-refractivity contribution in [1.82, 2.24) is 34.9 Å². The lowest BCUT2D eigenvalue weighted by molar-refractivity contribution is -0.121. The molecule has 0 saturated carbocycles. The molecule has 0 spiro atoms. The second-order valence-electron chi connectivity index (χ2n) is 6.79. The fraction of sp³-hybridized carbons (Fsp3) is 0.250. The van der Waals surface area contributed by atoms with E-state index in [0.29, 0.717) is 30.9 Å². The minimum Gasteiger partial charge on any atom is -0.352 e. The van der Waals surface area contributed by atoms with Crippen molar-refractivity contribution < 1.29 is 9.18 Å². The average Bonchev–Trinajstić information content (AvgIpc) is 3.29. The van der Waals surface area contributed by atoms with E-state index in [2.05, 4.69) is 25.7 Å². The van der Waals surface area contributed by atoms with Crippen LogP contribution < -0.4 is 5.32 Å². The van der Waals surface area contributed by atoms with E-state index >= 15 is 0 Å². The molecular weight excluding hydrogens is 373 g/mol. The van der Waals surface area contributed by atoms with E-state index < -0.39 is 0 Å². The third-order valence-corrected chi connectivity index (χ3v) is 4.81. The predicted octanol–water partition coefficient (Wildman–Crippen LogP) is 2.31. The third-order valence-electron chi connectivity index (χ3n) is 4.81. The number of aryl methyl sites for hydroxylation is 1. The van der Waals surface area contributed by atoms with Crippen LogP contribution in [0, 0.1) is 19.7 Å². The summed E-state index contributed by atoms with van der Waals surface area (Å²) in [6.07, 6.45) is 2.45. The smallest absolute Gasteiger partial charge is 0.220 e. The van der Waals surface area contributed by atoms with Gasteiger partial charge in [-0.3, -0.25) is 4.79 Å². The molecule has 9 heteroatoms. The van der Waals surface area contributed by atoms with Crippen molar-refractivity contribution >= 4 is 11.6 Å². The Kier molecular flexibility index (Phi) is 5.03. The van der Waals surface area contributed by atoms with Gasteiger partial charge in [0.2, 0.25) is 5.91 Å². The molecule has 148 valence electrons. The zero-order chi connectivity index (χ0) is 20.4. The molecule has 0 bridgehead atoms. The molecule has 0 aliphatic heterocycles. The third kappa shape index (κ3) is 3.98. The molecule has 0 saturated heterocycles. The molecule has 0 radical (unpaired) electrons. The van der Waals surface area contributed by atoms with Crippen molar-refractivity contribution in [3.8, 4) is 5.82 Å². The topological polar surface area (TPSA) is 90.0 Å². The molecule has 8 nitrogen and oxygen atoms in total. The van der Waals surface area contributed by atoms with Crippen LogP contribution in [0.4, 0.5) is 4.39 Å². The van der Waals surface area contributed by atoms with E-state index in [1.807, 2.05) is 26.0 Å². The maximum Gasteiger partial charge on any atom is 0.220 e. The van der Waals surface area contributed by atoms with Crippen molar-refractivity contribution in [3.63, 3.8) is 0 Å². The Labute approximate surface area is 166 Å². The fourth-order valence-electron chi connectivity index (χ4n) is 3.22. The van der Waals surface area contributed by atoms with E-state index in [0.717, 1.165) is 22.5 Å². The van der Waals surface area contributed by atoms with Gasteiger partial charge < -0.3 is 5.32 Å². The number of carbonyl (C=O) groups excluding carboxylic acids is 1. The number of carbonyl (C=O) groups is 1. The maximum atomic E-state index is 12.9. The molecule has 3 aromatic heterocycles. The Morgan fingerprint density at radius 2 is 1.90 bits per heavy atom. The van der Waals surface area contributed by atoms with Gasteiger partial charge in [-0.25, -0.2) is 9.07 Å². The van der Waals surface area contributed by atoms with Gasteiger partial charge in [-0.1, -0.05) is 12.1 Å². The summed E-state index contributed by atoms with van der Waals surface area (Å²) in [5.41, 5.74) is 4.34. The Bertz CT molecular complexity index is 1160. The highest BCUT2D eigenvalue weighted by molar-refractivity contribution is 5.76. The highest BCUT2D eigenvalue weighted by atomic mass is 19.1. The van der Waals surface area contributed by atoms with Gasteiger partial charge in [-0.15, -0.1) is 15.3 Å². The summed E-state index contributed by atoms with van der Waals surface area (Å²) in [5, 5.41) is 19.7. The summed E-state index contributed by atoms with van der Waals surface area (Å²) in [6, 6.07) is 9.75. The summed E-state index contributed by atoms with van der Waals surface area (Å²) in [6.45, 7) is 4.26. The molecule has 0 aliphatic carbocycles. The number of nitrogens with zero attached hydrogens (tertiary/aromatic N) is 6. The average molecular weight is 393 g/mol. The highest BCUT2D eigenvalue weighted by Crippen LogP contribution is 2.18. The normalized spacial score (nSPS) is 11.1. The monoisotopic (exact) mass is 393 g/mol. The van der Waals surface area contributed by atoms with Crippen molar-refractivity contribution in [3.05, 3.63) is 71.1 Å². The molecule has 3 heterocycles.